The van der Waals surface area contributed by atoms with Crippen molar-refractivity contribution in [2.75, 3.05) is 7.05 Å². The van der Waals surface area contributed by atoms with Crippen LogP contribution < -0.4 is 0 Å². The smallest absolute Gasteiger partial charge is 0.245 e. The molecule has 1 aromatic rings. The van der Waals surface area contributed by atoms with E-state index in [0.29, 0.717) is 0 Å². The third kappa shape index (κ3) is 2.73. The van der Waals surface area contributed by atoms with Crippen LogP contribution in [0.4, 0.5) is 0 Å². The van der Waals surface area contributed by atoms with E-state index in [1.807, 2.05) is 0 Å². The average molecular weight is 208 g/mol. The molecule has 0 unspecified atom stereocenters. The van der Waals surface area contributed by atoms with Gasteiger partial charge in [-0.3, -0.25) is 14.5 Å². The average Bonchev–Trinajstić information content (AvgIpc) is 2.65. The van der Waals surface area contributed by atoms with E-state index in [9.17, 15) is 9.59 Å². The van der Waals surface area contributed by atoms with Crippen LogP contribution in [0.2, 0.25) is 0 Å². The van der Waals surface area contributed by atoms with Gasteiger partial charge in [-0.25, -0.2) is 4.68 Å². The van der Waals surface area contributed by atoms with Gasteiger partial charge in [-0.2, -0.15) is 10.1 Å². The van der Waals surface area contributed by atoms with Gasteiger partial charge in [-0.05, 0) is 6.07 Å². The Labute approximate surface area is 87.2 Å². The van der Waals surface area contributed by atoms with Crippen molar-refractivity contribution in [3.8, 4) is 0 Å². The third-order valence-corrected chi connectivity index (χ3v) is 1.74. The van der Waals surface area contributed by atoms with E-state index in [0.717, 1.165) is 0 Å². The van der Waals surface area contributed by atoms with Gasteiger partial charge in [0.15, 0.2) is 0 Å². The lowest BCUT2D eigenvalue weighted by molar-refractivity contribution is -0.124. The minimum atomic E-state index is -0.381. The van der Waals surface area contributed by atoms with Crippen LogP contribution in [-0.2, 0) is 9.59 Å². The number of aromatic nitrogens is 2. The summed E-state index contributed by atoms with van der Waals surface area (Å²) in [4.78, 5) is 27.0. The number of carbonyl (C=O) groups is 2. The van der Waals surface area contributed by atoms with Crippen LogP contribution in [-0.4, -0.2) is 39.5 Å². The van der Waals surface area contributed by atoms with Crippen molar-refractivity contribution in [1.29, 1.82) is 0 Å². The number of carbonyl (C=O) groups excluding carboxylic acids is 2. The normalized spacial score (nSPS) is 11.3. The van der Waals surface area contributed by atoms with E-state index >= 15 is 0 Å². The number of nitrogens with zero attached hydrogens (tertiary/aromatic N) is 4. The van der Waals surface area contributed by atoms with E-state index in [4.69, 9.17) is 0 Å². The molecule has 0 saturated heterocycles. The predicted octanol–water partition coefficient (Wildman–Crippen LogP) is 0.112. The second-order valence-electron chi connectivity index (χ2n) is 2.96. The van der Waals surface area contributed by atoms with Gasteiger partial charge in [-0.1, -0.05) is 0 Å². The highest BCUT2D eigenvalue weighted by molar-refractivity contribution is 6.01. The van der Waals surface area contributed by atoms with Crippen LogP contribution in [0.3, 0.4) is 0 Å². The Morgan fingerprint density at radius 1 is 1.40 bits per heavy atom. The Kier molecular flexibility index (Phi) is 3.33. The van der Waals surface area contributed by atoms with E-state index < -0.39 is 0 Å². The van der Waals surface area contributed by atoms with Crippen molar-refractivity contribution in [2.45, 2.75) is 13.8 Å². The molecule has 15 heavy (non-hydrogen) atoms. The highest BCUT2D eigenvalue weighted by Gasteiger charge is 2.13. The fraction of sp³-hybridized carbons (Fsp3) is 0.333. The number of rotatable bonds is 0. The van der Waals surface area contributed by atoms with Crippen LogP contribution in [0, 0.1) is 0 Å². The lowest BCUT2D eigenvalue weighted by atomic mass is 10.6. The molecule has 0 N–H and O–H groups in total. The maximum absolute atomic E-state index is 11.2. The second-order valence-corrected chi connectivity index (χ2v) is 2.96. The number of hydrogen-bond donors (Lipinski definition) is 0. The summed E-state index contributed by atoms with van der Waals surface area (Å²) in [7, 11) is 1.53. The molecule has 6 heteroatoms. The molecule has 0 bridgehead atoms. The molecule has 0 fully saturated rings. The first-order valence-corrected chi connectivity index (χ1v) is 4.36. The standard InChI is InChI=1S/C9H12N4O2/c1-7(14)11-9(12(3)8(2)15)13-6-4-5-10-13/h4-6H,1-3H3. The predicted molar refractivity (Wildman–Crippen MR) is 54.2 cm³/mol. The lowest BCUT2D eigenvalue weighted by Crippen LogP contribution is -2.37. The highest BCUT2D eigenvalue weighted by Crippen LogP contribution is 1.95. The summed E-state index contributed by atoms with van der Waals surface area (Å²) in [5, 5.41) is 3.91. The molecule has 0 atom stereocenters. The Balaban J connectivity index is 3.10. The van der Waals surface area contributed by atoms with Crippen LogP contribution >= 0.6 is 0 Å². The SMILES string of the molecule is CC(=O)N=C(N(C)C(C)=O)n1cccn1. The third-order valence-electron chi connectivity index (χ3n) is 1.74. The number of amides is 2. The molecule has 1 aromatic heterocycles. The van der Waals surface area contributed by atoms with Crippen LogP contribution in [0.25, 0.3) is 0 Å². The Hall–Kier alpha value is -1.98. The molecule has 1 heterocycles. The summed E-state index contributed by atoms with van der Waals surface area (Å²) in [5.41, 5.74) is 0. The Morgan fingerprint density at radius 2 is 2.07 bits per heavy atom. The first-order chi connectivity index (χ1) is 7.02. The van der Waals surface area contributed by atoms with Crippen LogP contribution in [0.5, 0.6) is 0 Å². The van der Waals surface area contributed by atoms with Gasteiger partial charge in [-0.15, -0.1) is 0 Å². The molecule has 80 valence electrons. The molecule has 6 nitrogen and oxygen atoms in total. The van der Waals surface area contributed by atoms with Crippen molar-refractivity contribution in [1.82, 2.24) is 14.7 Å². The van der Waals surface area contributed by atoms with Crippen LogP contribution in [0.15, 0.2) is 23.5 Å². The molecular formula is C9H12N4O2. The summed E-state index contributed by atoms with van der Waals surface area (Å²) >= 11 is 0. The Morgan fingerprint density at radius 3 is 2.47 bits per heavy atom. The Bertz CT molecular complexity index is 394. The monoisotopic (exact) mass is 208 g/mol. The molecule has 0 radical (unpaired) electrons. The fourth-order valence-electron chi connectivity index (χ4n) is 0.949. The highest BCUT2D eigenvalue weighted by atomic mass is 16.2. The summed E-state index contributed by atoms with van der Waals surface area (Å²) < 4.78 is 1.36. The molecule has 1 rings (SSSR count). The summed E-state index contributed by atoms with van der Waals surface area (Å²) in [6.45, 7) is 2.70. The first-order valence-electron chi connectivity index (χ1n) is 4.36. The molecule has 0 aliphatic rings. The zero-order valence-corrected chi connectivity index (χ0v) is 8.84. The van der Waals surface area contributed by atoms with Gasteiger partial charge in [0.25, 0.3) is 0 Å². The van der Waals surface area contributed by atoms with Gasteiger partial charge < -0.3 is 0 Å². The minimum absolute atomic E-state index is 0.194. The van der Waals surface area contributed by atoms with Crippen molar-refractivity contribution < 1.29 is 9.59 Å². The van der Waals surface area contributed by atoms with Crippen molar-refractivity contribution in [3.63, 3.8) is 0 Å². The van der Waals surface area contributed by atoms with E-state index in [-0.39, 0.29) is 17.8 Å². The largest absolute Gasteiger partial charge is 0.284 e. The fourth-order valence-corrected chi connectivity index (χ4v) is 0.949. The molecule has 2 amide bonds. The van der Waals surface area contributed by atoms with E-state index in [1.54, 1.807) is 18.5 Å². The summed E-state index contributed by atoms with van der Waals surface area (Å²) in [6, 6.07) is 1.68. The number of hydrogen-bond acceptors (Lipinski definition) is 3. The summed E-state index contributed by atoms with van der Waals surface area (Å²) in [6.07, 6.45) is 3.16. The van der Waals surface area contributed by atoms with E-state index in [2.05, 4.69) is 10.1 Å². The molecule has 0 aromatic carbocycles. The first kappa shape index (κ1) is 11.1. The van der Waals surface area contributed by atoms with E-state index in [1.165, 1.54) is 30.5 Å². The quantitative estimate of drug-likeness (QED) is 0.449. The van der Waals surface area contributed by atoms with Gasteiger partial charge in [0, 0.05) is 33.3 Å². The zero-order chi connectivity index (χ0) is 11.4. The molecule has 0 spiro atoms. The van der Waals surface area contributed by atoms with Gasteiger partial charge in [0.05, 0.1) is 0 Å². The van der Waals surface area contributed by atoms with Crippen LogP contribution in [0.1, 0.15) is 13.8 Å². The van der Waals surface area contributed by atoms with Gasteiger partial charge in [0.1, 0.15) is 0 Å². The summed E-state index contributed by atoms with van der Waals surface area (Å²) in [5.74, 6) is -0.404. The molecule has 0 saturated carbocycles. The molecular weight excluding hydrogens is 196 g/mol. The van der Waals surface area contributed by atoms with Gasteiger partial charge in [0.2, 0.25) is 17.8 Å². The van der Waals surface area contributed by atoms with Crippen molar-refractivity contribution in [3.05, 3.63) is 18.5 Å². The zero-order valence-electron chi connectivity index (χ0n) is 8.84. The van der Waals surface area contributed by atoms with Crippen molar-refractivity contribution in [2.24, 2.45) is 4.99 Å². The maximum atomic E-state index is 11.2. The minimum Gasteiger partial charge on any atom is -0.284 e. The maximum Gasteiger partial charge on any atom is 0.245 e. The second kappa shape index (κ2) is 4.50. The lowest BCUT2D eigenvalue weighted by Gasteiger charge is -2.16. The van der Waals surface area contributed by atoms with Gasteiger partial charge >= 0.3 is 0 Å². The molecule has 0 aliphatic carbocycles. The molecule has 0 aliphatic heterocycles. The number of aliphatic imine (C=N–C) groups is 1. The topological polar surface area (TPSA) is 67.6 Å². The van der Waals surface area contributed by atoms with Crippen molar-refractivity contribution >= 4 is 17.8 Å².